The molecule has 0 bridgehead atoms. The highest BCUT2D eigenvalue weighted by atomic mass is 19.4. The Labute approximate surface area is 254 Å². The Kier molecular flexibility index (Phi) is 15.1. The van der Waals surface area contributed by atoms with Crippen molar-refractivity contribution >= 4 is 17.9 Å². The second-order valence-electron chi connectivity index (χ2n) is 9.48. The Hall–Kier alpha value is -4.20. The predicted molar refractivity (Wildman–Crippen MR) is 136 cm³/mol. The molecule has 0 unspecified atom stereocenters. The first-order chi connectivity index (χ1) is 21.2. The van der Waals surface area contributed by atoms with Gasteiger partial charge < -0.3 is 24.8 Å². The molecule has 1 saturated heterocycles. The van der Waals surface area contributed by atoms with Crippen LogP contribution in [0, 0.1) is 5.92 Å². The summed E-state index contributed by atoms with van der Waals surface area (Å²) in [6, 6.07) is 8.02. The van der Waals surface area contributed by atoms with Gasteiger partial charge in [-0.25, -0.2) is 14.4 Å². The molecule has 0 aromatic carbocycles. The lowest BCUT2D eigenvalue weighted by Crippen LogP contribution is -2.54. The molecular weight excluding hydrogens is 653 g/mol. The van der Waals surface area contributed by atoms with Crippen LogP contribution < -0.4 is 4.74 Å². The van der Waals surface area contributed by atoms with E-state index in [2.05, 4.69) is 20.9 Å². The summed E-state index contributed by atoms with van der Waals surface area (Å²) in [6.45, 7) is 4.39. The lowest BCUT2D eigenvalue weighted by atomic mass is 9.89. The van der Waals surface area contributed by atoms with E-state index in [0.29, 0.717) is 12.5 Å². The zero-order chi connectivity index (χ0) is 35.2. The van der Waals surface area contributed by atoms with E-state index in [4.69, 9.17) is 39.2 Å². The lowest BCUT2D eigenvalue weighted by molar-refractivity contribution is -0.193. The molecule has 1 aliphatic heterocycles. The van der Waals surface area contributed by atoms with Crippen LogP contribution >= 0.6 is 0 Å². The highest BCUT2D eigenvalue weighted by Gasteiger charge is 2.47. The van der Waals surface area contributed by atoms with E-state index in [-0.39, 0.29) is 5.60 Å². The summed E-state index contributed by atoms with van der Waals surface area (Å²) < 4.78 is 108. The molecule has 0 radical (unpaired) electrons. The maximum Gasteiger partial charge on any atom is 0.490 e. The minimum Gasteiger partial charge on any atom is -0.492 e. The SMILES string of the molecule is O=C(O)C(F)(F)F.O=C(O)C(F)(F)F.O=C(O)C(F)(F)F.c1cncc(CN2CCO[C@]3(CCC[C@H]3COc3cccnc3)C2)c1. The summed E-state index contributed by atoms with van der Waals surface area (Å²) in [6.07, 6.45) is -4.42. The van der Waals surface area contributed by atoms with Crippen LogP contribution in [0.2, 0.25) is 0 Å². The van der Waals surface area contributed by atoms with Crippen molar-refractivity contribution in [3.05, 3.63) is 54.6 Å². The minimum absolute atomic E-state index is 0.0668. The molecule has 1 aliphatic carbocycles. The fraction of sp³-hybridized carbons (Fsp3) is 0.500. The van der Waals surface area contributed by atoms with Gasteiger partial charge in [-0.05, 0) is 43.0 Å². The van der Waals surface area contributed by atoms with Crippen molar-refractivity contribution in [2.75, 3.05) is 26.3 Å². The molecule has 3 heterocycles. The van der Waals surface area contributed by atoms with Gasteiger partial charge in [-0.2, -0.15) is 39.5 Å². The summed E-state index contributed by atoms with van der Waals surface area (Å²) >= 11 is 0. The van der Waals surface area contributed by atoms with Gasteiger partial charge in [0.15, 0.2) is 0 Å². The van der Waals surface area contributed by atoms with Crippen molar-refractivity contribution in [1.82, 2.24) is 14.9 Å². The highest BCUT2D eigenvalue weighted by Crippen LogP contribution is 2.41. The van der Waals surface area contributed by atoms with Crippen molar-refractivity contribution in [3.8, 4) is 5.75 Å². The largest absolute Gasteiger partial charge is 0.492 e. The van der Waals surface area contributed by atoms with Gasteiger partial charge in [0.25, 0.3) is 0 Å². The van der Waals surface area contributed by atoms with E-state index in [0.717, 1.165) is 38.4 Å². The number of nitrogens with zero attached hydrogens (tertiary/aromatic N) is 3. The maximum atomic E-state index is 10.6. The average Bonchev–Trinajstić information content (AvgIpc) is 3.33. The second-order valence-corrected chi connectivity index (χ2v) is 9.48. The molecule has 1 spiro atoms. The molecule has 4 rings (SSSR count). The van der Waals surface area contributed by atoms with Crippen molar-refractivity contribution in [2.24, 2.45) is 5.92 Å². The van der Waals surface area contributed by atoms with Crippen molar-refractivity contribution < 1.29 is 78.7 Å². The second kappa shape index (κ2) is 17.5. The summed E-state index contributed by atoms with van der Waals surface area (Å²) in [7, 11) is 0. The zero-order valence-electron chi connectivity index (χ0n) is 23.5. The molecule has 20 heteroatoms. The van der Waals surface area contributed by atoms with E-state index in [1.807, 2.05) is 30.6 Å². The Morgan fingerprint density at radius 1 is 0.870 bits per heavy atom. The molecular formula is C26H28F9N3O8. The number of hydrogen-bond acceptors (Lipinski definition) is 8. The fourth-order valence-corrected chi connectivity index (χ4v) is 4.14. The summed E-state index contributed by atoms with van der Waals surface area (Å²) in [5.41, 5.74) is 1.20. The number of ether oxygens (including phenoxy) is 2. The minimum atomic E-state index is -5.08. The van der Waals surface area contributed by atoms with E-state index in [1.54, 1.807) is 12.4 Å². The summed E-state index contributed by atoms with van der Waals surface area (Å²) in [5.74, 6) is -7.00. The van der Waals surface area contributed by atoms with Gasteiger partial charge in [0.1, 0.15) is 5.75 Å². The Morgan fingerprint density at radius 3 is 1.80 bits per heavy atom. The number of rotatable bonds is 5. The van der Waals surface area contributed by atoms with Crippen molar-refractivity contribution in [3.63, 3.8) is 0 Å². The van der Waals surface area contributed by atoms with Crippen LogP contribution in [0.1, 0.15) is 24.8 Å². The van der Waals surface area contributed by atoms with Crippen LogP contribution in [0.25, 0.3) is 0 Å². The lowest BCUT2D eigenvalue weighted by Gasteiger charge is -2.44. The van der Waals surface area contributed by atoms with Crippen molar-refractivity contribution in [1.29, 1.82) is 0 Å². The first-order valence-corrected chi connectivity index (χ1v) is 12.9. The normalized spacial score (nSPS) is 19.7. The van der Waals surface area contributed by atoms with Crippen molar-refractivity contribution in [2.45, 2.75) is 49.9 Å². The average molecular weight is 682 g/mol. The van der Waals surface area contributed by atoms with Crippen LogP contribution in [0.3, 0.4) is 0 Å². The molecule has 2 aliphatic rings. The number of hydrogen-bond donors (Lipinski definition) is 3. The summed E-state index contributed by atoms with van der Waals surface area (Å²) in [5, 5.41) is 21.4. The fourth-order valence-electron chi connectivity index (χ4n) is 4.14. The molecule has 11 nitrogen and oxygen atoms in total. The van der Waals surface area contributed by atoms with E-state index >= 15 is 0 Å². The quantitative estimate of drug-likeness (QED) is 0.371. The number of alkyl halides is 9. The zero-order valence-corrected chi connectivity index (χ0v) is 23.5. The van der Waals surface area contributed by atoms with Gasteiger partial charge in [0, 0.05) is 44.1 Å². The Balaban J connectivity index is 0.000000413. The topological polar surface area (TPSA) is 159 Å². The molecule has 2 aromatic rings. The first-order valence-electron chi connectivity index (χ1n) is 12.9. The molecule has 1 saturated carbocycles. The number of aromatic nitrogens is 2. The molecule has 2 atom stereocenters. The molecule has 2 fully saturated rings. The smallest absolute Gasteiger partial charge is 0.490 e. The standard InChI is InChI=1S/C20H25N3O2.3C2HF3O2/c1-5-18(15-24-19-6-3-9-22-13-19)20(7-1)16-23(10-11-25-20)14-17-4-2-8-21-12-17;3*3-2(4,5)1(6)7/h2-4,6,8-9,12-13,18H,1,5,7,10-11,14-16H2;3*(H,6,7)/t18-,20+;;;/m0.../s1. The summed E-state index contributed by atoms with van der Waals surface area (Å²) in [4.78, 5) is 37.5. The van der Waals surface area contributed by atoms with Gasteiger partial charge in [0.05, 0.1) is 25.0 Å². The number of aliphatic carboxylic acids is 3. The predicted octanol–water partition coefficient (Wildman–Crippen LogP) is 4.83. The number of morpholine rings is 1. The number of halogens is 9. The molecule has 0 amide bonds. The van der Waals surface area contributed by atoms with Crippen LogP contribution in [0.15, 0.2) is 49.1 Å². The van der Waals surface area contributed by atoms with Crippen LogP contribution in [0.4, 0.5) is 39.5 Å². The Bertz CT molecular complexity index is 1180. The number of carbonyl (C=O) groups is 3. The monoisotopic (exact) mass is 681 g/mol. The number of carboxylic acids is 3. The van der Waals surface area contributed by atoms with E-state index in [9.17, 15) is 39.5 Å². The third kappa shape index (κ3) is 14.7. The molecule has 2 aromatic heterocycles. The molecule has 258 valence electrons. The van der Waals surface area contributed by atoms with Gasteiger partial charge in [-0.3, -0.25) is 14.9 Å². The van der Waals surface area contributed by atoms with Gasteiger partial charge in [0.2, 0.25) is 0 Å². The van der Waals surface area contributed by atoms with E-state index < -0.39 is 36.4 Å². The van der Waals surface area contributed by atoms with Gasteiger partial charge in [-0.15, -0.1) is 0 Å². The van der Waals surface area contributed by atoms with Gasteiger partial charge >= 0.3 is 36.4 Å². The molecule has 3 N–H and O–H groups in total. The van der Waals surface area contributed by atoms with Crippen LogP contribution in [-0.2, 0) is 25.7 Å². The van der Waals surface area contributed by atoms with Crippen LogP contribution in [0.5, 0.6) is 5.75 Å². The Morgan fingerprint density at radius 2 is 1.37 bits per heavy atom. The maximum absolute atomic E-state index is 10.6. The van der Waals surface area contributed by atoms with E-state index in [1.165, 1.54) is 18.4 Å². The first kappa shape index (κ1) is 39.8. The third-order valence-electron chi connectivity index (χ3n) is 6.13. The number of carboxylic acid groups (broad SMARTS) is 3. The third-order valence-corrected chi connectivity index (χ3v) is 6.13. The van der Waals surface area contributed by atoms with Gasteiger partial charge in [-0.1, -0.05) is 6.07 Å². The highest BCUT2D eigenvalue weighted by molar-refractivity contribution is 5.73. The molecule has 46 heavy (non-hydrogen) atoms. The van der Waals surface area contributed by atoms with Crippen LogP contribution in [-0.4, -0.2) is 98.5 Å². The number of pyridine rings is 2.